The highest BCUT2D eigenvalue weighted by molar-refractivity contribution is 8.00. The molecule has 4 heteroatoms. The van der Waals surface area contributed by atoms with Crippen molar-refractivity contribution in [2.75, 3.05) is 7.11 Å². The second-order valence-electron chi connectivity index (χ2n) is 3.62. The summed E-state index contributed by atoms with van der Waals surface area (Å²) >= 11 is 1.46. The molecule has 0 fully saturated rings. The van der Waals surface area contributed by atoms with Crippen molar-refractivity contribution in [2.24, 2.45) is 0 Å². The first-order valence-corrected chi connectivity index (χ1v) is 6.32. The molecule has 1 atom stereocenters. The zero-order valence-corrected chi connectivity index (χ0v) is 11.0. The highest BCUT2D eigenvalue weighted by Crippen LogP contribution is 2.26. The number of ether oxygens (including phenoxy) is 1. The fourth-order valence-electron chi connectivity index (χ4n) is 1.36. The van der Waals surface area contributed by atoms with Crippen LogP contribution in [-0.2, 0) is 9.53 Å². The zero-order valence-electron chi connectivity index (χ0n) is 10.2. The molecule has 0 saturated heterocycles. The van der Waals surface area contributed by atoms with Gasteiger partial charge in [-0.15, -0.1) is 11.8 Å². The van der Waals surface area contributed by atoms with Crippen LogP contribution in [0.25, 0.3) is 0 Å². The predicted molar refractivity (Wildman–Crippen MR) is 68.4 cm³/mol. The van der Waals surface area contributed by atoms with E-state index < -0.39 is 0 Å². The molecule has 0 aromatic heterocycles. The van der Waals surface area contributed by atoms with Gasteiger partial charge in [0.15, 0.2) is 5.78 Å². The topological polar surface area (TPSA) is 43.4 Å². The van der Waals surface area contributed by atoms with Crippen molar-refractivity contribution in [1.82, 2.24) is 0 Å². The molecule has 0 spiro atoms. The smallest absolute Gasteiger partial charge is 0.319 e. The van der Waals surface area contributed by atoms with Crippen molar-refractivity contribution < 1.29 is 14.3 Å². The molecule has 1 rings (SSSR count). The normalized spacial score (nSPS) is 11.9. The van der Waals surface area contributed by atoms with Gasteiger partial charge in [-0.1, -0.05) is 19.1 Å². The van der Waals surface area contributed by atoms with Crippen molar-refractivity contribution in [3.63, 3.8) is 0 Å². The zero-order chi connectivity index (χ0) is 12.8. The first kappa shape index (κ1) is 13.8. The summed E-state index contributed by atoms with van der Waals surface area (Å²) in [5.41, 5.74) is 0.681. The molecular formula is C13H16O3S. The van der Waals surface area contributed by atoms with E-state index >= 15 is 0 Å². The Balaban J connectivity index is 2.74. The summed E-state index contributed by atoms with van der Waals surface area (Å²) in [4.78, 5) is 23.5. The third-order valence-corrected chi connectivity index (χ3v) is 3.73. The summed E-state index contributed by atoms with van der Waals surface area (Å²) in [5.74, 6) is -0.172. The third kappa shape index (κ3) is 3.89. The van der Waals surface area contributed by atoms with Gasteiger partial charge in [0.25, 0.3) is 0 Å². The van der Waals surface area contributed by atoms with Crippen molar-refractivity contribution in [3.05, 3.63) is 29.8 Å². The maximum absolute atomic E-state index is 11.4. The van der Waals surface area contributed by atoms with Crippen LogP contribution in [-0.4, -0.2) is 24.1 Å². The number of methoxy groups -OCH3 is 1. The van der Waals surface area contributed by atoms with Crippen molar-refractivity contribution >= 4 is 23.5 Å². The molecule has 0 aliphatic heterocycles. The minimum Gasteiger partial charge on any atom is -0.468 e. The molecule has 92 valence electrons. The summed E-state index contributed by atoms with van der Waals surface area (Å²) in [6.45, 7) is 3.48. The minimum absolute atomic E-state index is 0.0431. The number of esters is 1. The molecule has 1 aromatic rings. The van der Waals surface area contributed by atoms with Gasteiger partial charge < -0.3 is 4.74 Å². The molecule has 1 unspecified atom stereocenters. The van der Waals surface area contributed by atoms with Gasteiger partial charge in [0.05, 0.1) is 7.11 Å². The summed E-state index contributed by atoms with van der Waals surface area (Å²) in [5, 5.41) is -0.192. The van der Waals surface area contributed by atoms with Gasteiger partial charge in [0, 0.05) is 10.5 Å². The molecule has 0 amide bonds. The standard InChI is InChI=1S/C13H16O3S/c1-4-12(13(15)16-3)17-11-7-5-10(6-8-11)9(2)14/h5-8,12H,4H2,1-3H3. The van der Waals surface area contributed by atoms with Crippen LogP contribution in [0.1, 0.15) is 30.6 Å². The fraction of sp³-hybridized carbons (Fsp3) is 0.385. The maximum Gasteiger partial charge on any atom is 0.319 e. The van der Waals surface area contributed by atoms with E-state index in [-0.39, 0.29) is 17.0 Å². The van der Waals surface area contributed by atoms with Crippen LogP contribution >= 0.6 is 11.8 Å². The molecule has 0 heterocycles. The summed E-state index contributed by atoms with van der Waals surface area (Å²) in [6, 6.07) is 7.25. The van der Waals surface area contributed by atoms with E-state index in [0.717, 1.165) is 4.90 Å². The van der Waals surface area contributed by atoms with Crippen LogP contribution in [0.5, 0.6) is 0 Å². The lowest BCUT2D eigenvalue weighted by molar-refractivity contribution is -0.140. The Kier molecular flexibility index (Phi) is 5.22. The van der Waals surface area contributed by atoms with Crippen molar-refractivity contribution in [3.8, 4) is 0 Å². The number of rotatable bonds is 5. The molecule has 0 aliphatic rings. The Morgan fingerprint density at radius 3 is 2.29 bits per heavy atom. The van der Waals surface area contributed by atoms with Gasteiger partial charge in [-0.25, -0.2) is 0 Å². The third-order valence-electron chi connectivity index (χ3n) is 2.37. The number of thioether (sulfide) groups is 1. The molecule has 3 nitrogen and oxygen atoms in total. The minimum atomic E-state index is -0.215. The van der Waals surface area contributed by atoms with Crippen molar-refractivity contribution in [1.29, 1.82) is 0 Å². The number of benzene rings is 1. The Labute approximate surface area is 106 Å². The van der Waals surface area contributed by atoms with E-state index in [2.05, 4.69) is 0 Å². The largest absolute Gasteiger partial charge is 0.468 e. The molecule has 0 aliphatic carbocycles. The number of Topliss-reactive ketones (excluding diaryl/α,β-unsaturated/α-hetero) is 1. The van der Waals surface area contributed by atoms with Crippen LogP contribution in [0.3, 0.4) is 0 Å². The Morgan fingerprint density at radius 2 is 1.88 bits per heavy atom. The molecule has 1 aromatic carbocycles. The van der Waals surface area contributed by atoms with E-state index in [1.807, 2.05) is 19.1 Å². The molecule has 0 N–H and O–H groups in total. The number of hydrogen-bond donors (Lipinski definition) is 0. The molecule has 17 heavy (non-hydrogen) atoms. The van der Waals surface area contributed by atoms with Crippen molar-refractivity contribution in [2.45, 2.75) is 30.4 Å². The monoisotopic (exact) mass is 252 g/mol. The van der Waals surface area contributed by atoms with Crippen LogP contribution in [0, 0.1) is 0 Å². The van der Waals surface area contributed by atoms with E-state index in [1.165, 1.54) is 25.8 Å². The average Bonchev–Trinajstić information content (AvgIpc) is 2.35. The van der Waals surface area contributed by atoms with E-state index in [9.17, 15) is 9.59 Å². The van der Waals surface area contributed by atoms with Crippen LogP contribution in [0.2, 0.25) is 0 Å². The summed E-state index contributed by atoms with van der Waals surface area (Å²) in [6.07, 6.45) is 0.714. The lowest BCUT2D eigenvalue weighted by Gasteiger charge is -2.11. The van der Waals surface area contributed by atoms with Gasteiger partial charge in [-0.2, -0.15) is 0 Å². The lowest BCUT2D eigenvalue weighted by Crippen LogP contribution is -2.17. The maximum atomic E-state index is 11.4. The quantitative estimate of drug-likeness (QED) is 0.459. The van der Waals surface area contributed by atoms with E-state index in [0.29, 0.717) is 12.0 Å². The Hall–Kier alpha value is -1.29. The summed E-state index contributed by atoms with van der Waals surface area (Å²) in [7, 11) is 1.39. The van der Waals surface area contributed by atoms with Gasteiger partial charge in [-0.05, 0) is 25.5 Å². The number of carbonyl (C=O) groups excluding carboxylic acids is 2. The first-order chi connectivity index (χ1) is 8.08. The van der Waals surface area contributed by atoms with Gasteiger partial charge in [0.2, 0.25) is 0 Å². The number of ketones is 1. The molecule has 0 saturated carbocycles. The van der Waals surface area contributed by atoms with Gasteiger partial charge in [-0.3, -0.25) is 9.59 Å². The molecule has 0 bridgehead atoms. The fourth-order valence-corrected chi connectivity index (χ4v) is 2.34. The SMILES string of the molecule is CCC(Sc1ccc(C(C)=O)cc1)C(=O)OC. The Morgan fingerprint density at radius 1 is 1.29 bits per heavy atom. The summed E-state index contributed by atoms with van der Waals surface area (Å²) < 4.78 is 4.72. The van der Waals surface area contributed by atoms with Crippen LogP contribution in [0.4, 0.5) is 0 Å². The number of carbonyl (C=O) groups is 2. The van der Waals surface area contributed by atoms with Gasteiger partial charge in [0.1, 0.15) is 5.25 Å². The van der Waals surface area contributed by atoms with E-state index in [4.69, 9.17) is 4.74 Å². The predicted octanol–water partition coefficient (Wildman–Crippen LogP) is 2.93. The Bertz CT molecular complexity index is 398. The molecule has 0 radical (unpaired) electrons. The first-order valence-electron chi connectivity index (χ1n) is 5.44. The molecular weight excluding hydrogens is 236 g/mol. The highest BCUT2D eigenvalue weighted by Gasteiger charge is 2.18. The lowest BCUT2D eigenvalue weighted by atomic mass is 10.2. The average molecular weight is 252 g/mol. The number of hydrogen-bond acceptors (Lipinski definition) is 4. The second-order valence-corrected chi connectivity index (χ2v) is 4.89. The van der Waals surface area contributed by atoms with E-state index in [1.54, 1.807) is 12.1 Å². The van der Waals surface area contributed by atoms with Crippen LogP contribution < -0.4 is 0 Å². The highest BCUT2D eigenvalue weighted by atomic mass is 32.2. The van der Waals surface area contributed by atoms with Crippen LogP contribution in [0.15, 0.2) is 29.2 Å². The second kappa shape index (κ2) is 6.45. The van der Waals surface area contributed by atoms with Gasteiger partial charge >= 0.3 is 5.97 Å².